The number of likely N-dealkylation sites (tertiary alicyclic amines) is 1. The molecule has 2 fully saturated rings. The van der Waals surface area contributed by atoms with Crippen LogP contribution in [0.4, 0.5) is 0 Å². The Morgan fingerprint density at radius 3 is 2.89 bits per heavy atom. The highest BCUT2D eigenvalue weighted by atomic mass is 16.5. The molecule has 0 saturated carbocycles. The third-order valence-corrected chi connectivity index (χ3v) is 4.44. The molecule has 0 aromatic rings. The number of rotatable bonds is 4. The molecule has 2 aliphatic rings. The number of hydrogen-bond acceptors (Lipinski definition) is 3. The van der Waals surface area contributed by atoms with Crippen LogP contribution in [0.5, 0.6) is 0 Å². The maximum Gasteiger partial charge on any atom is 0.251 e. The number of amides is 1. The summed E-state index contributed by atoms with van der Waals surface area (Å²) in [4.78, 5) is 14.6. The van der Waals surface area contributed by atoms with Gasteiger partial charge in [0.05, 0.1) is 0 Å². The lowest BCUT2D eigenvalue weighted by Gasteiger charge is -2.28. The summed E-state index contributed by atoms with van der Waals surface area (Å²) >= 11 is 0. The fourth-order valence-corrected chi connectivity index (χ4v) is 3.14. The fraction of sp³-hybridized carbons (Fsp3) is 0.933. The van der Waals surface area contributed by atoms with Crippen molar-refractivity contribution in [3.05, 3.63) is 0 Å². The van der Waals surface area contributed by atoms with Gasteiger partial charge >= 0.3 is 0 Å². The van der Waals surface area contributed by atoms with Crippen molar-refractivity contribution >= 4 is 5.91 Å². The van der Waals surface area contributed by atoms with Gasteiger partial charge < -0.3 is 14.4 Å². The summed E-state index contributed by atoms with van der Waals surface area (Å²) in [5.41, 5.74) is 0. The van der Waals surface area contributed by atoms with E-state index in [1.54, 1.807) is 7.11 Å². The SMILES string of the molecule is COCCC1CCCCN(C(=O)[C@H]2OCC[C@H]2C)C1. The smallest absolute Gasteiger partial charge is 0.251 e. The van der Waals surface area contributed by atoms with Gasteiger partial charge in [0.25, 0.3) is 5.91 Å². The van der Waals surface area contributed by atoms with Crippen LogP contribution in [0.2, 0.25) is 0 Å². The second-order valence-corrected chi connectivity index (χ2v) is 5.98. The maximum absolute atomic E-state index is 12.6. The van der Waals surface area contributed by atoms with Crippen molar-refractivity contribution in [1.82, 2.24) is 4.90 Å². The first-order valence-electron chi connectivity index (χ1n) is 7.61. The molecule has 2 rings (SSSR count). The van der Waals surface area contributed by atoms with Crippen molar-refractivity contribution < 1.29 is 14.3 Å². The van der Waals surface area contributed by atoms with Crippen molar-refractivity contribution in [2.75, 3.05) is 33.4 Å². The highest BCUT2D eigenvalue weighted by Crippen LogP contribution is 2.25. The van der Waals surface area contributed by atoms with Crippen molar-refractivity contribution in [2.24, 2.45) is 11.8 Å². The van der Waals surface area contributed by atoms with E-state index in [2.05, 4.69) is 6.92 Å². The van der Waals surface area contributed by atoms with Crippen LogP contribution >= 0.6 is 0 Å². The van der Waals surface area contributed by atoms with Crippen molar-refractivity contribution in [3.63, 3.8) is 0 Å². The van der Waals surface area contributed by atoms with E-state index in [1.807, 2.05) is 4.90 Å². The lowest BCUT2D eigenvalue weighted by atomic mass is 9.99. The molecule has 0 aliphatic carbocycles. The van der Waals surface area contributed by atoms with Crippen molar-refractivity contribution in [1.29, 1.82) is 0 Å². The van der Waals surface area contributed by atoms with Crippen LogP contribution in [-0.4, -0.2) is 50.3 Å². The van der Waals surface area contributed by atoms with Crippen LogP contribution in [0.15, 0.2) is 0 Å². The summed E-state index contributed by atoms with van der Waals surface area (Å²) in [6.07, 6.45) is 5.43. The molecule has 1 amide bonds. The monoisotopic (exact) mass is 269 g/mol. The van der Waals surface area contributed by atoms with Gasteiger partial charge in [-0.15, -0.1) is 0 Å². The fourth-order valence-electron chi connectivity index (χ4n) is 3.14. The number of ether oxygens (including phenoxy) is 2. The zero-order valence-corrected chi connectivity index (χ0v) is 12.3. The third-order valence-electron chi connectivity index (χ3n) is 4.44. The zero-order chi connectivity index (χ0) is 13.7. The average Bonchev–Trinajstić information content (AvgIpc) is 2.70. The van der Waals surface area contributed by atoms with E-state index in [0.717, 1.165) is 45.6 Å². The molecule has 1 unspecified atom stereocenters. The zero-order valence-electron chi connectivity index (χ0n) is 12.3. The van der Waals surface area contributed by atoms with Gasteiger partial charge in [-0.1, -0.05) is 13.3 Å². The molecule has 110 valence electrons. The Hall–Kier alpha value is -0.610. The molecule has 3 atom stereocenters. The van der Waals surface area contributed by atoms with E-state index < -0.39 is 0 Å². The summed E-state index contributed by atoms with van der Waals surface area (Å²) in [5.74, 6) is 1.17. The van der Waals surface area contributed by atoms with Gasteiger partial charge in [0.1, 0.15) is 6.10 Å². The Balaban J connectivity index is 1.91. The lowest BCUT2D eigenvalue weighted by Crippen LogP contribution is -2.43. The third kappa shape index (κ3) is 3.93. The molecule has 19 heavy (non-hydrogen) atoms. The largest absolute Gasteiger partial charge is 0.385 e. The number of methoxy groups -OCH3 is 1. The topological polar surface area (TPSA) is 38.8 Å². The Morgan fingerprint density at radius 2 is 2.21 bits per heavy atom. The van der Waals surface area contributed by atoms with E-state index in [0.29, 0.717) is 11.8 Å². The molecule has 0 aromatic heterocycles. The van der Waals surface area contributed by atoms with E-state index in [4.69, 9.17) is 9.47 Å². The quantitative estimate of drug-likeness (QED) is 0.784. The predicted molar refractivity (Wildman–Crippen MR) is 73.9 cm³/mol. The Kier molecular flexibility index (Phi) is 5.64. The molecule has 4 heteroatoms. The summed E-state index contributed by atoms with van der Waals surface area (Å²) in [5, 5.41) is 0. The van der Waals surface area contributed by atoms with E-state index >= 15 is 0 Å². The number of carbonyl (C=O) groups excluding carboxylic acids is 1. The molecule has 2 saturated heterocycles. The van der Waals surface area contributed by atoms with Gasteiger partial charge in [0.15, 0.2) is 0 Å². The van der Waals surface area contributed by atoms with Gasteiger partial charge in [-0.25, -0.2) is 0 Å². The normalized spacial score (nSPS) is 32.3. The minimum Gasteiger partial charge on any atom is -0.385 e. The highest BCUT2D eigenvalue weighted by molar-refractivity contribution is 5.81. The van der Waals surface area contributed by atoms with E-state index in [-0.39, 0.29) is 12.0 Å². The Labute approximate surface area is 116 Å². The van der Waals surface area contributed by atoms with Crippen LogP contribution < -0.4 is 0 Å². The van der Waals surface area contributed by atoms with Gasteiger partial charge in [0, 0.05) is 33.4 Å². The molecule has 2 heterocycles. The van der Waals surface area contributed by atoms with Crippen molar-refractivity contribution in [2.45, 2.75) is 45.1 Å². The van der Waals surface area contributed by atoms with E-state index in [1.165, 1.54) is 12.8 Å². The summed E-state index contributed by atoms with van der Waals surface area (Å²) in [6.45, 7) is 5.43. The molecule has 0 spiro atoms. The predicted octanol–water partition coefficient (Wildman–Crippen LogP) is 2.08. The Bertz CT molecular complexity index is 295. The summed E-state index contributed by atoms with van der Waals surface area (Å²) < 4.78 is 10.8. The van der Waals surface area contributed by atoms with Gasteiger partial charge in [-0.05, 0) is 37.5 Å². The minimum atomic E-state index is -0.193. The van der Waals surface area contributed by atoms with Gasteiger partial charge in [0.2, 0.25) is 0 Å². The Morgan fingerprint density at radius 1 is 1.37 bits per heavy atom. The van der Waals surface area contributed by atoms with Gasteiger partial charge in [-0.3, -0.25) is 4.79 Å². The second-order valence-electron chi connectivity index (χ2n) is 5.98. The molecule has 0 aromatic carbocycles. The first kappa shape index (κ1) is 14.8. The average molecular weight is 269 g/mol. The number of carbonyl (C=O) groups is 1. The molecule has 2 aliphatic heterocycles. The van der Waals surface area contributed by atoms with Crippen molar-refractivity contribution in [3.8, 4) is 0 Å². The molecule has 4 nitrogen and oxygen atoms in total. The lowest BCUT2D eigenvalue weighted by molar-refractivity contribution is -0.143. The molecule has 0 bridgehead atoms. The van der Waals surface area contributed by atoms with Crippen LogP contribution in [-0.2, 0) is 14.3 Å². The standard InChI is InChI=1S/C15H27NO3/c1-12-6-10-19-14(12)15(17)16-8-4-3-5-13(11-16)7-9-18-2/h12-14H,3-11H2,1-2H3/t12-,13?,14+/m1/s1. The van der Waals surface area contributed by atoms with Crippen LogP contribution in [0.3, 0.4) is 0 Å². The first-order valence-corrected chi connectivity index (χ1v) is 7.61. The van der Waals surface area contributed by atoms with Crippen LogP contribution in [0, 0.1) is 11.8 Å². The van der Waals surface area contributed by atoms with Gasteiger partial charge in [-0.2, -0.15) is 0 Å². The summed E-state index contributed by atoms with van der Waals surface area (Å²) in [6, 6.07) is 0. The number of hydrogen-bond donors (Lipinski definition) is 0. The second kappa shape index (κ2) is 7.25. The maximum atomic E-state index is 12.6. The number of nitrogens with zero attached hydrogens (tertiary/aromatic N) is 1. The van der Waals surface area contributed by atoms with Crippen LogP contribution in [0.25, 0.3) is 0 Å². The molecular formula is C15H27NO3. The van der Waals surface area contributed by atoms with Crippen LogP contribution in [0.1, 0.15) is 39.0 Å². The summed E-state index contributed by atoms with van der Waals surface area (Å²) in [7, 11) is 1.74. The molecule has 0 N–H and O–H groups in total. The molecule has 0 radical (unpaired) electrons. The minimum absolute atomic E-state index is 0.193. The highest BCUT2D eigenvalue weighted by Gasteiger charge is 2.35. The molecular weight excluding hydrogens is 242 g/mol. The van der Waals surface area contributed by atoms with E-state index in [9.17, 15) is 4.79 Å². The first-order chi connectivity index (χ1) is 9.22.